The fourth-order valence-corrected chi connectivity index (χ4v) is 8.29. The van der Waals surface area contributed by atoms with E-state index >= 15 is 0 Å². The number of aliphatic hydroxyl groups excluding tert-OH is 1. The number of hydrogen-bond acceptors (Lipinski definition) is 6. The van der Waals surface area contributed by atoms with E-state index in [1.807, 2.05) is 32.0 Å². The van der Waals surface area contributed by atoms with E-state index in [0.717, 1.165) is 23.2 Å². The minimum atomic E-state index is -0.775. The molecule has 0 aliphatic carbocycles. The Morgan fingerprint density at radius 1 is 1.29 bits per heavy atom. The lowest BCUT2D eigenvalue weighted by molar-refractivity contribution is -0.153. The molecule has 3 heterocycles. The maximum atomic E-state index is 14.3. The number of esters is 1. The summed E-state index contributed by atoms with van der Waals surface area (Å²) in [6, 6.07) is 5.09. The number of nitrogens with zero attached hydrogens (tertiary/aromatic N) is 2. The maximum Gasteiger partial charge on any atom is 0.311 e. The Bertz CT molecular complexity index is 1010. The molecule has 1 N–H and O–H groups in total. The Morgan fingerprint density at radius 3 is 2.62 bits per heavy atom. The van der Waals surface area contributed by atoms with Crippen LogP contribution in [0.15, 0.2) is 43.5 Å². The highest BCUT2D eigenvalue weighted by Gasteiger charge is 2.74. The Morgan fingerprint density at radius 2 is 2.00 bits per heavy atom. The van der Waals surface area contributed by atoms with Gasteiger partial charge in [-0.05, 0) is 37.8 Å². The van der Waals surface area contributed by atoms with Crippen molar-refractivity contribution in [2.45, 2.75) is 42.7 Å². The van der Waals surface area contributed by atoms with Gasteiger partial charge in [-0.15, -0.1) is 18.3 Å². The molecule has 2 amide bonds. The second-order valence-electron chi connectivity index (χ2n) is 9.21. The van der Waals surface area contributed by atoms with Crippen LogP contribution in [0.1, 0.15) is 24.0 Å². The third-order valence-electron chi connectivity index (χ3n) is 7.28. The number of likely N-dealkylation sites (tertiary alicyclic amines) is 1. The van der Waals surface area contributed by atoms with Gasteiger partial charge in [-0.3, -0.25) is 14.4 Å². The lowest BCUT2D eigenvalue weighted by Gasteiger charge is -2.37. The molecule has 3 fully saturated rings. The van der Waals surface area contributed by atoms with Gasteiger partial charge in [0.25, 0.3) is 5.91 Å². The number of carbonyl (C=O) groups excluding carboxylic acids is 3. The molecule has 2 unspecified atom stereocenters. The molecule has 5 atom stereocenters. The third-order valence-corrected chi connectivity index (χ3v) is 9.23. The minimum Gasteiger partial charge on any atom is -0.461 e. The van der Waals surface area contributed by atoms with Gasteiger partial charge in [0.15, 0.2) is 0 Å². The van der Waals surface area contributed by atoms with Gasteiger partial charge >= 0.3 is 5.97 Å². The smallest absolute Gasteiger partial charge is 0.311 e. The van der Waals surface area contributed by atoms with Crippen LogP contribution in [-0.2, 0) is 19.1 Å². The molecule has 1 aromatic rings. The van der Waals surface area contributed by atoms with Gasteiger partial charge in [-0.25, -0.2) is 0 Å². The normalized spacial score (nSPS) is 29.1. The van der Waals surface area contributed by atoms with Crippen LogP contribution in [0.5, 0.6) is 0 Å². The van der Waals surface area contributed by atoms with Crippen LogP contribution < -0.4 is 4.90 Å². The van der Waals surface area contributed by atoms with Crippen LogP contribution in [0.25, 0.3) is 0 Å². The first-order valence-electron chi connectivity index (χ1n) is 11.7. The summed E-state index contributed by atoms with van der Waals surface area (Å²) in [6.07, 6.45) is 4.59. The van der Waals surface area contributed by atoms with Gasteiger partial charge in [-0.2, -0.15) is 0 Å². The van der Waals surface area contributed by atoms with Gasteiger partial charge in [0, 0.05) is 24.0 Å². The fourth-order valence-electron chi connectivity index (χ4n) is 6.09. The summed E-state index contributed by atoms with van der Waals surface area (Å²) in [5.41, 5.74) is 2.72. The topological polar surface area (TPSA) is 87.1 Å². The van der Waals surface area contributed by atoms with Crippen molar-refractivity contribution in [3.05, 3.63) is 54.6 Å². The van der Waals surface area contributed by atoms with E-state index in [9.17, 15) is 19.5 Å². The average molecular weight is 485 g/mol. The molecule has 1 aromatic carbocycles. The summed E-state index contributed by atoms with van der Waals surface area (Å²) < 4.78 is 4.64. The molecule has 182 valence electrons. The summed E-state index contributed by atoms with van der Waals surface area (Å²) in [6.45, 7) is 11.5. The second kappa shape index (κ2) is 9.58. The summed E-state index contributed by atoms with van der Waals surface area (Å²) in [4.78, 5) is 44.2. The van der Waals surface area contributed by atoms with Crippen LogP contribution in [0.3, 0.4) is 0 Å². The van der Waals surface area contributed by atoms with Crippen molar-refractivity contribution in [1.29, 1.82) is 0 Å². The molecule has 0 aromatic heterocycles. The fraction of sp³-hybridized carbons (Fsp3) is 0.500. The molecule has 1 spiro atoms. The molecule has 3 saturated heterocycles. The summed E-state index contributed by atoms with van der Waals surface area (Å²) in [7, 11) is 0. The second-order valence-corrected chi connectivity index (χ2v) is 10.8. The lowest BCUT2D eigenvalue weighted by Crippen LogP contribution is -2.55. The van der Waals surface area contributed by atoms with Crippen molar-refractivity contribution in [1.82, 2.24) is 4.90 Å². The van der Waals surface area contributed by atoms with Crippen LogP contribution in [0, 0.1) is 25.7 Å². The van der Waals surface area contributed by atoms with Gasteiger partial charge in [-0.1, -0.05) is 36.9 Å². The van der Waals surface area contributed by atoms with Crippen LogP contribution >= 0.6 is 11.8 Å². The average Bonchev–Trinajstić information content (AvgIpc) is 3.44. The zero-order chi connectivity index (χ0) is 24.6. The number of thioether (sulfide) groups is 1. The zero-order valence-corrected chi connectivity index (χ0v) is 20.6. The van der Waals surface area contributed by atoms with E-state index in [0.29, 0.717) is 13.0 Å². The number of carbonyl (C=O) groups is 3. The number of aryl methyl sites for hydroxylation is 2. The van der Waals surface area contributed by atoms with E-state index in [-0.39, 0.29) is 36.8 Å². The number of para-hydroxylation sites is 1. The van der Waals surface area contributed by atoms with Gasteiger partial charge < -0.3 is 19.6 Å². The first-order chi connectivity index (χ1) is 16.3. The molecule has 7 nitrogen and oxygen atoms in total. The number of anilines is 1. The first kappa shape index (κ1) is 24.5. The molecule has 0 saturated carbocycles. The van der Waals surface area contributed by atoms with E-state index < -0.39 is 28.6 Å². The lowest BCUT2D eigenvalue weighted by atomic mass is 9.71. The molecule has 8 heteroatoms. The number of β-amino-alcohol motifs (C(OH)–C–C–N with tert-alkyl or cyclic N) is 1. The highest BCUT2D eigenvalue weighted by Crippen LogP contribution is 2.66. The van der Waals surface area contributed by atoms with Crippen LogP contribution in [-0.4, -0.2) is 70.1 Å². The van der Waals surface area contributed by atoms with Gasteiger partial charge in [0.1, 0.15) is 12.6 Å². The standard InChI is InChI=1S/C26H32N2O5S/c1-5-12-27(21-16(3)8-7-9-17(21)4)24(31)22-26-11-10-18(34-26)19(25(32)33-15-6-2)20(26)23(30)28(22)13-14-29/h5-9,18-20,22,29H,1-2,10-15H2,3-4H3/t18-,19+,20+,22?,26?/m1/s1. The number of rotatable bonds is 9. The first-order valence-corrected chi connectivity index (χ1v) is 12.6. The minimum absolute atomic E-state index is 0.0435. The Hall–Kier alpha value is -2.58. The van der Waals surface area contributed by atoms with Gasteiger partial charge in [0.2, 0.25) is 5.91 Å². The highest BCUT2D eigenvalue weighted by atomic mass is 32.2. The third kappa shape index (κ3) is 3.67. The number of benzene rings is 1. The molecular formula is C26H32N2O5S. The summed E-state index contributed by atoms with van der Waals surface area (Å²) >= 11 is 1.58. The number of amides is 2. The molecule has 0 radical (unpaired) electrons. The predicted molar refractivity (Wildman–Crippen MR) is 133 cm³/mol. The molecular weight excluding hydrogens is 452 g/mol. The van der Waals surface area contributed by atoms with Gasteiger partial charge in [0.05, 0.1) is 23.2 Å². The van der Waals surface area contributed by atoms with Crippen molar-refractivity contribution in [2.24, 2.45) is 11.8 Å². The molecule has 34 heavy (non-hydrogen) atoms. The quantitative estimate of drug-likeness (QED) is 0.428. The van der Waals surface area contributed by atoms with E-state index in [2.05, 4.69) is 13.2 Å². The highest BCUT2D eigenvalue weighted by molar-refractivity contribution is 8.02. The van der Waals surface area contributed by atoms with E-state index in [1.54, 1.807) is 22.7 Å². The van der Waals surface area contributed by atoms with Crippen molar-refractivity contribution in [3.8, 4) is 0 Å². The number of hydrogen-bond donors (Lipinski definition) is 1. The predicted octanol–water partition coefficient (Wildman–Crippen LogP) is 2.64. The van der Waals surface area contributed by atoms with Crippen molar-refractivity contribution in [3.63, 3.8) is 0 Å². The largest absolute Gasteiger partial charge is 0.461 e. The van der Waals surface area contributed by atoms with Crippen LogP contribution in [0.4, 0.5) is 5.69 Å². The number of fused-ring (bicyclic) bond motifs is 1. The van der Waals surface area contributed by atoms with Crippen LogP contribution in [0.2, 0.25) is 0 Å². The number of aliphatic hydroxyl groups is 1. The monoisotopic (exact) mass is 484 g/mol. The van der Waals surface area contributed by atoms with Crippen molar-refractivity contribution in [2.75, 3.05) is 31.2 Å². The van der Waals surface area contributed by atoms with Crippen molar-refractivity contribution >= 4 is 35.2 Å². The maximum absolute atomic E-state index is 14.3. The molecule has 2 bridgehead atoms. The summed E-state index contributed by atoms with van der Waals surface area (Å²) in [5.74, 6) is -2.10. The summed E-state index contributed by atoms with van der Waals surface area (Å²) in [5, 5.41) is 9.70. The Kier molecular flexibility index (Phi) is 6.92. The Balaban J connectivity index is 1.77. The molecule has 3 aliphatic rings. The van der Waals surface area contributed by atoms with E-state index in [4.69, 9.17) is 4.74 Å². The molecule has 4 rings (SSSR count). The Labute approximate surface area is 204 Å². The van der Waals surface area contributed by atoms with E-state index in [1.165, 1.54) is 11.0 Å². The zero-order valence-electron chi connectivity index (χ0n) is 19.7. The molecule has 3 aliphatic heterocycles. The SMILES string of the molecule is C=CCOC(=O)[C@@H]1[C@H]2C(=O)N(CCO)C(C(=O)N(CC=C)c3c(C)cccc3C)C23CC[C@H]1S3. The number of ether oxygens (including phenoxy) is 1. The van der Waals surface area contributed by atoms with Crippen molar-refractivity contribution < 1.29 is 24.2 Å².